The summed E-state index contributed by atoms with van der Waals surface area (Å²) in [7, 11) is 0. The molecule has 1 aliphatic heterocycles. The SMILES string of the molecule is CCCCCCCCCCCCCCCCCC(=O)N[C@@H](CC)[C@H]1CNCCO1. The van der Waals surface area contributed by atoms with Crippen molar-refractivity contribution in [3.63, 3.8) is 0 Å². The van der Waals surface area contributed by atoms with Crippen LogP contribution in [0.5, 0.6) is 0 Å². The standard InChI is InChI=1S/C25H50N2O2/c1-3-5-6-7-8-9-10-11-12-13-14-15-16-17-18-19-25(28)27-23(4-2)24-22-26-20-21-29-24/h23-24,26H,3-22H2,1-2H3,(H,27,28)/t23-,24+/m0/s1. The van der Waals surface area contributed by atoms with E-state index in [9.17, 15) is 4.79 Å². The summed E-state index contributed by atoms with van der Waals surface area (Å²) in [5, 5.41) is 6.53. The quantitative estimate of drug-likeness (QED) is 0.252. The van der Waals surface area contributed by atoms with E-state index in [4.69, 9.17) is 4.74 Å². The fourth-order valence-electron chi connectivity index (χ4n) is 4.24. The molecule has 0 bridgehead atoms. The number of unbranched alkanes of at least 4 members (excludes halogenated alkanes) is 14. The van der Waals surface area contributed by atoms with Gasteiger partial charge in [-0.3, -0.25) is 4.79 Å². The first-order valence-corrected chi connectivity index (χ1v) is 12.9. The van der Waals surface area contributed by atoms with Gasteiger partial charge in [-0.15, -0.1) is 0 Å². The second-order valence-electron chi connectivity index (χ2n) is 8.90. The lowest BCUT2D eigenvalue weighted by Crippen LogP contribution is -2.51. The highest BCUT2D eigenvalue weighted by Crippen LogP contribution is 2.14. The molecule has 1 heterocycles. The van der Waals surface area contributed by atoms with Gasteiger partial charge in [0, 0.05) is 19.5 Å². The lowest BCUT2D eigenvalue weighted by molar-refractivity contribution is -0.123. The van der Waals surface area contributed by atoms with Crippen LogP contribution in [0, 0.1) is 0 Å². The van der Waals surface area contributed by atoms with Crippen molar-refractivity contribution in [1.82, 2.24) is 10.6 Å². The molecule has 29 heavy (non-hydrogen) atoms. The first-order valence-electron chi connectivity index (χ1n) is 12.9. The van der Waals surface area contributed by atoms with Crippen LogP contribution in [0.3, 0.4) is 0 Å². The van der Waals surface area contributed by atoms with E-state index in [1.165, 1.54) is 89.9 Å². The van der Waals surface area contributed by atoms with Crippen molar-refractivity contribution >= 4 is 5.91 Å². The lowest BCUT2D eigenvalue weighted by atomic mass is 10.0. The van der Waals surface area contributed by atoms with Crippen molar-refractivity contribution in [3.8, 4) is 0 Å². The normalized spacial score (nSPS) is 17.9. The zero-order valence-corrected chi connectivity index (χ0v) is 19.6. The number of hydrogen-bond donors (Lipinski definition) is 2. The Morgan fingerprint density at radius 1 is 0.862 bits per heavy atom. The number of rotatable bonds is 19. The molecule has 1 aliphatic rings. The second-order valence-corrected chi connectivity index (χ2v) is 8.90. The van der Waals surface area contributed by atoms with E-state index in [1.54, 1.807) is 0 Å². The maximum Gasteiger partial charge on any atom is 0.220 e. The molecule has 1 fully saturated rings. The smallest absolute Gasteiger partial charge is 0.220 e. The molecular weight excluding hydrogens is 360 g/mol. The van der Waals surface area contributed by atoms with E-state index in [2.05, 4.69) is 24.5 Å². The summed E-state index contributed by atoms with van der Waals surface area (Å²) in [6, 6.07) is 0.145. The summed E-state index contributed by atoms with van der Waals surface area (Å²) in [5.74, 6) is 0.195. The predicted molar refractivity (Wildman–Crippen MR) is 124 cm³/mol. The van der Waals surface area contributed by atoms with Crippen LogP contribution in [0.2, 0.25) is 0 Å². The molecule has 2 N–H and O–H groups in total. The van der Waals surface area contributed by atoms with Crippen LogP contribution in [-0.4, -0.2) is 37.7 Å². The Balaban J connectivity index is 1.84. The zero-order chi connectivity index (χ0) is 21.0. The Hall–Kier alpha value is -0.610. The summed E-state index contributed by atoms with van der Waals surface area (Å²) in [6.07, 6.45) is 22.1. The Morgan fingerprint density at radius 3 is 1.83 bits per heavy atom. The van der Waals surface area contributed by atoms with Crippen LogP contribution in [0.15, 0.2) is 0 Å². The molecule has 1 saturated heterocycles. The Morgan fingerprint density at radius 2 is 1.38 bits per heavy atom. The van der Waals surface area contributed by atoms with Crippen molar-refractivity contribution in [2.75, 3.05) is 19.7 Å². The van der Waals surface area contributed by atoms with E-state index in [1.807, 2.05) is 0 Å². The van der Waals surface area contributed by atoms with E-state index < -0.39 is 0 Å². The van der Waals surface area contributed by atoms with Gasteiger partial charge in [0.2, 0.25) is 5.91 Å². The van der Waals surface area contributed by atoms with Crippen LogP contribution in [0.25, 0.3) is 0 Å². The van der Waals surface area contributed by atoms with Gasteiger partial charge in [-0.25, -0.2) is 0 Å². The Kier molecular flexibility index (Phi) is 17.6. The van der Waals surface area contributed by atoms with Gasteiger partial charge in [-0.1, -0.05) is 104 Å². The molecule has 4 heteroatoms. The molecule has 4 nitrogen and oxygen atoms in total. The van der Waals surface area contributed by atoms with Crippen molar-refractivity contribution in [2.45, 2.75) is 135 Å². The first kappa shape index (κ1) is 26.4. The van der Waals surface area contributed by atoms with E-state index in [0.29, 0.717) is 6.42 Å². The molecule has 0 spiro atoms. The number of hydrogen-bond acceptors (Lipinski definition) is 3. The van der Waals surface area contributed by atoms with Crippen LogP contribution in [-0.2, 0) is 9.53 Å². The van der Waals surface area contributed by atoms with Gasteiger partial charge in [-0.2, -0.15) is 0 Å². The molecular formula is C25H50N2O2. The first-order chi connectivity index (χ1) is 14.3. The van der Waals surface area contributed by atoms with Gasteiger partial charge in [-0.05, 0) is 12.8 Å². The highest BCUT2D eigenvalue weighted by atomic mass is 16.5. The fourth-order valence-corrected chi connectivity index (χ4v) is 4.24. The van der Waals surface area contributed by atoms with E-state index >= 15 is 0 Å². The van der Waals surface area contributed by atoms with Crippen molar-refractivity contribution in [3.05, 3.63) is 0 Å². The summed E-state index contributed by atoms with van der Waals surface area (Å²) in [5.41, 5.74) is 0. The van der Waals surface area contributed by atoms with Gasteiger partial charge in [0.25, 0.3) is 0 Å². The van der Waals surface area contributed by atoms with E-state index in [-0.39, 0.29) is 18.1 Å². The molecule has 0 radical (unpaired) electrons. The molecule has 0 saturated carbocycles. The fraction of sp³-hybridized carbons (Fsp3) is 0.960. The van der Waals surface area contributed by atoms with Gasteiger partial charge in [0.05, 0.1) is 18.8 Å². The summed E-state index contributed by atoms with van der Waals surface area (Å²) >= 11 is 0. The highest BCUT2D eigenvalue weighted by molar-refractivity contribution is 5.76. The molecule has 0 unspecified atom stereocenters. The van der Waals surface area contributed by atoms with Gasteiger partial charge in [0.1, 0.15) is 0 Å². The number of carbonyl (C=O) groups is 1. The lowest BCUT2D eigenvalue weighted by Gasteiger charge is -2.31. The molecule has 0 aliphatic carbocycles. The third-order valence-electron chi connectivity index (χ3n) is 6.20. The average molecular weight is 411 g/mol. The van der Waals surface area contributed by atoms with Gasteiger partial charge in [0.15, 0.2) is 0 Å². The third kappa shape index (κ3) is 14.9. The Labute approximate surface area is 181 Å². The topological polar surface area (TPSA) is 50.4 Å². The highest BCUT2D eigenvalue weighted by Gasteiger charge is 2.24. The maximum absolute atomic E-state index is 12.2. The monoisotopic (exact) mass is 410 g/mol. The molecule has 2 atom stereocenters. The third-order valence-corrected chi connectivity index (χ3v) is 6.20. The number of morpholine rings is 1. The van der Waals surface area contributed by atoms with Crippen molar-refractivity contribution in [1.29, 1.82) is 0 Å². The van der Waals surface area contributed by atoms with Gasteiger partial charge < -0.3 is 15.4 Å². The molecule has 1 amide bonds. The minimum atomic E-state index is 0.124. The Bertz CT molecular complexity index is 370. The molecule has 172 valence electrons. The predicted octanol–water partition coefficient (Wildman–Crippen LogP) is 6.13. The van der Waals surface area contributed by atoms with Crippen LogP contribution >= 0.6 is 0 Å². The average Bonchev–Trinajstić information content (AvgIpc) is 2.75. The number of nitrogens with one attached hydrogen (secondary N) is 2. The van der Waals surface area contributed by atoms with Crippen molar-refractivity contribution in [2.24, 2.45) is 0 Å². The summed E-state index contributed by atoms with van der Waals surface area (Å²) in [4.78, 5) is 12.2. The number of carbonyl (C=O) groups excluding carboxylic acids is 1. The maximum atomic E-state index is 12.2. The van der Waals surface area contributed by atoms with E-state index in [0.717, 1.165) is 32.5 Å². The summed E-state index contributed by atoms with van der Waals surface area (Å²) in [6.45, 7) is 6.91. The molecule has 0 aromatic heterocycles. The zero-order valence-electron chi connectivity index (χ0n) is 19.6. The van der Waals surface area contributed by atoms with Crippen LogP contribution < -0.4 is 10.6 Å². The largest absolute Gasteiger partial charge is 0.373 e. The molecule has 0 aromatic rings. The molecule has 1 rings (SSSR count). The van der Waals surface area contributed by atoms with Crippen LogP contribution in [0.1, 0.15) is 123 Å². The van der Waals surface area contributed by atoms with Gasteiger partial charge >= 0.3 is 0 Å². The van der Waals surface area contributed by atoms with Crippen LogP contribution in [0.4, 0.5) is 0 Å². The second kappa shape index (κ2) is 19.4. The van der Waals surface area contributed by atoms with Crippen molar-refractivity contribution < 1.29 is 9.53 Å². The molecule has 0 aromatic carbocycles. The summed E-state index contributed by atoms with van der Waals surface area (Å²) < 4.78 is 5.79. The number of amides is 1. The minimum absolute atomic E-state index is 0.124. The number of ether oxygens (including phenoxy) is 1. The minimum Gasteiger partial charge on any atom is -0.373 e.